The quantitative estimate of drug-likeness (QED) is 0.427. The molecule has 1 spiro atoms. The average Bonchev–Trinajstić information content (AvgIpc) is 3.73. The zero-order chi connectivity index (χ0) is 27.1. The molecule has 3 saturated carbocycles. The van der Waals surface area contributed by atoms with Crippen LogP contribution < -0.4 is 16.0 Å². The molecule has 5 rings (SSSR count). The Bertz CT molecular complexity index is 1090. The minimum absolute atomic E-state index is 0.0217. The van der Waals surface area contributed by atoms with Crippen LogP contribution in [0.15, 0.2) is 0 Å². The fraction of sp³-hybridized carbons (Fsp3) is 0.792. The zero-order valence-corrected chi connectivity index (χ0v) is 20.5. The lowest BCUT2D eigenvalue weighted by Crippen LogP contribution is -2.60. The molecule has 37 heavy (non-hydrogen) atoms. The third-order valence-electron chi connectivity index (χ3n) is 9.03. The van der Waals surface area contributed by atoms with Gasteiger partial charge >= 0.3 is 12.1 Å². The van der Waals surface area contributed by atoms with Gasteiger partial charge in [0, 0.05) is 18.0 Å². The van der Waals surface area contributed by atoms with Crippen molar-refractivity contribution in [3.8, 4) is 6.07 Å². The molecule has 2 saturated heterocycles. The number of nitrogens with zero attached hydrogens (tertiary/aromatic N) is 2. The fourth-order valence-corrected chi connectivity index (χ4v) is 6.35. The second kappa shape index (κ2) is 8.04. The van der Waals surface area contributed by atoms with Crippen molar-refractivity contribution in [1.82, 2.24) is 20.9 Å². The minimum atomic E-state index is -5.30. The Balaban J connectivity index is 1.31. The molecule has 4 amide bonds. The third kappa shape index (κ3) is 4.42. The van der Waals surface area contributed by atoms with Crippen molar-refractivity contribution in [2.75, 3.05) is 6.54 Å². The molecule has 13 heteroatoms. The summed E-state index contributed by atoms with van der Waals surface area (Å²) in [6.45, 7) is 3.81. The molecule has 3 N–H and O–H groups in total. The van der Waals surface area contributed by atoms with Crippen LogP contribution in [0.3, 0.4) is 0 Å². The number of hydrogen-bond donors (Lipinski definition) is 3. The molecule has 5 aliphatic rings. The molecule has 6 atom stereocenters. The van der Waals surface area contributed by atoms with Gasteiger partial charge in [-0.1, -0.05) is 13.8 Å². The molecule has 9 nitrogen and oxygen atoms in total. The highest BCUT2D eigenvalue weighted by Crippen LogP contribution is 2.65. The van der Waals surface area contributed by atoms with E-state index in [1.807, 2.05) is 19.9 Å². The first-order valence-electron chi connectivity index (χ1n) is 12.5. The van der Waals surface area contributed by atoms with Crippen LogP contribution in [0.2, 0.25) is 0 Å². The van der Waals surface area contributed by atoms with E-state index in [1.54, 1.807) is 0 Å². The first kappa shape index (κ1) is 25.7. The summed E-state index contributed by atoms with van der Waals surface area (Å²) < 4.78 is 53.6. The standard InChI is InChI=1S/C24H29F4N5O4/c1-21(2)13-10-33(19(36)16(23(25)5-6-23)31-20(37)24(26,27)28)15(14(13)21)18(35)30-12(9-29)7-11-8-22(3-4-22)32-17(11)34/h11-16H,3-8,10H2,1-2H3,(H,30,35)(H,31,37)(H,32,34)/t11-,12+,13+,14+,15+,16-/m1/s1. The van der Waals surface area contributed by atoms with Crippen molar-refractivity contribution >= 4 is 23.6 Å². The molecule has 0 radical (unpaired) electrons. The number of carbonyl (C=O) groups is 4. The highest BCUT2D eigenvalue weighted by atomic mass is 19.4. The van der Waals surface area contributed by atoms with Crippen LogP contribution in [0.4, 0.5) is 17.6 Å². The normalized spacial score (nSPS) is 33.0. The van der Waals surface area contributed by atoms with Crippen molar-refractivity contribution in [2.45, 2.75) is 87.9 Å². The van der Waals surface area contributed by atoms with E-state index >= 15 is 0 Å². The summed E-state index contributed by atoms with van der Waals surface area (Å²) in [7, 11) is 0. The number of alkyl halides is 4. The van der Waals surface area contributed by atoms with Crippen molar-refractivity contribution in [3.05, 3.63) is 0 Å². The number of fused-ring (bicyclic) bond motifs is 1. The van der Waals surface area contributed by atoms with E-state index in [2.05, 4.69) is 10.6 Å². The number of amides is 4. The number of carbonyl (C=O) groups excluding carboxylic acids is 4. The van der Waals surface area contributed by atoms with Gasteiger partial charge in [-0.2, -0.15) is 18.4 Å². The number of nitriles is 1. The molecule has 0 bridgehead atoms. The first-order chi connectivity index (χ1) is 17.1. The molecule has 2 aliphatic heterocycles. The highest BCUT2D eigenvalue weighted by molar-refractivity contribution is 5.95. The number of piperidine rings is 1. The second-order valence-corrected chi connectivity index (χ2v) is 11.9. The molecule has 3 aliphatic carbocycles. The summed E-state index contributed by atoms with van der Waals surface area (Å²) in [5.41, 5.74) is -2.86. The number of likely N-dealkylation sites (tertiary alicyclic amines) is 1. The lowest BCUT2D eigenvalue weighted by atomic mass is 9.95. The Morgan fingerprint density at radius 1 is 1.19 bits per heavy atom. The molecule has 0 aromatic carbocycles. The lowest BCUT2D eigenvalue weighted by Gasteiger charge is -2.34. The van der Waals surface area contributed by atoms with Gasteiger partial charge < -0.3 is 20.9 Å². The Kier molecular flexibility index (Phi) is 5.59. The van der Waals surface area contributed by atoms with Crippen molar-refractivity contribution < 1.29 is 36.7 Å². The van der Waals surface area contributed by atoms with Gasteiger partial charge in [0.1, 0.15) is 23.8 Å². The van der Waals surface area contributed by atoms with Crippen molar-refractivity contribution in [1.29, 1.82) is 5.26 Å². The SMILES string of the molecule is CC1(C)[C@@H]2[C@@H](C(=O)N[C@H](C#N)C[C@@H]3CC4(CC4)NC3=O)N(C(=O)[C@@H](NC(=O)C(F)(F)F)C3(F)CC3)C[C@@H]21. The van der Waals surface area contributed by atoms with Crippen molar-refractivity contribution in [3.63, 3.8) is 0 Å². The summed E-state index contributed by atoms with van der Waals surface area (Å²) in [5.74, 6) is -5.28. The predicted octanol–water partition coefficient (Wildman–Crippen LogP) is 1.09. The van der Waals surface area contributed by atoms with E-state index in [1.165, 1.54) is 5.32 Å². The van der Waals surface area contributed by atoms with Crippen LogP contribution >= 0.6 is 0 Å². The topological polar surface area (TPSA) is 131 Å². The van der Waals surface area contributed by atoms with Gasteiger partial charge in [-0.25, -0.2) is 4.39 Å². The van der Waals surface area contributed by atoms with Gasteiger partial charge in [0.2, 0.25) is 17.7 Å². The zero-order valence-electron chi connectivity index (χ0n) is 20.5. The molecule has 0 unspecified atom stereocenters. The van der Waals surface area contributed by atoms with Gasteiger partial charge in [0.15, 0.2) is 0 Å². The monoisotopic (exact) mass is 527 g/mol. The molecule has 5 fully saturated rings. The maximum Gasteiger partial charge on any atom is 0.471 e. The number of hydrogen-bond acceptors (Lipinski definition) is 5. The van der Waals surface area contributed by atoms with E-state index in [9.17, 15) is 42.0 Å². The molecular formula is C24H29F4N5O4. The summed E-state index contributed by atoms with van der Waals surface area (Å²) in [4.78, 5) is 51.7. The van der Waals surface area contributed by atoms with Gasteiger partial charge in [-0.05, 0) is 55.8 Å². The van der Waals surface area contributed by atoms with Crippen LogP contribution in [0.5, 0.6) is 0 Å². The number of nitrogens with one attached hydrogen (secondary N) is 3. The molecule has 202 valence electrons. The van der Waals surface area contributed by atoms with Crippen LogP contribution in [-0.2, 0) is 19.2 Å². The summed E-state index contributed by atoms with van der Waals surface area (Å²) in [6.07, 6.45) is -3.27. The average molecular weight is 528 g/mol. The van der Waals surface area contributed by atoms with E-state index < -0.39 is 53.6 Å². The summed E-state index contributed by atoms with van der Waals surface area (Å²) in [5, 5.41) is 16.7. The maximum atomic E-state index is 15.0. The Morgan fingerprint density at radius 3 is 2.35 bits per heavy atom. The van der Waals surface area contributed by atoms with E-state index in [0.29, 0.717) is 6.42 Å². The van der Waals surface area contributed by atoms with Gasteiger partial charge in [-0.3, -0.25) is 19.2 Å². The van der Waals surface area contributed by atoms with Gasteiger partial charge in [0.25, 0.3) is 0 Å². The van der Waals surface area contributed by atoms with E-state index in [4.69, 9.17) is 0 Å². The summed E-state index contributed by atoms with van der Waals surface area (Å²) >= 11 is 0. The fourth-order valence-electron chi connectivity index (χ4n) is 6.35. The molecule has 2 heterocycles. The first-order valence-corrected chi connectivity index (χ1v) is 12.5. The lowest BCUT2D eigenvalue weighted by molar-refractivity contribution is -0.176. The largest absolute Gasteiger partial charge is 0.471 e. The Morgan fingerprint density at radius 2 is 1.84 bits per heavy atom. The van der Waals surface area contributed by atoms with E-state index in [0.717, 1.165) is 17.7 Å². The second-order valence-electron chi connectivity index (χ2n) is 11.9. The van der Waals surface area contributed by atoms with E-state index in [-0.39, 0.29) is 54.5 Å². The molecular weight excluding hydrogens is 498 g/mol. The van der Waals surface area contributed by atoms with Crippen LogP contribution in [-0.4, -0.2) is 70.6 Å². The van der Waals surface area contributed by atoms with Gasteiger partial charge in [-0.15, -0.1) is 0 Å². The number of halogens is 4. The molecule has 0 aromatic heterocycles. The van der Waals surface area contributed by atoms with Crippen LogP contribution in [0.25, 0.3) is 0 Å². The Hall–Kier alpha value is -2.91. The van der Waals surface area contributed by atoms with Crippen molar-refractivity contribution in [2.24, 2.45) is 23.2 Å². The molecule has 0 aromatic rings. The minimum Gasteiger partial charge on any atom is -0.350 e. The maximum absolute atomic E-state index is 15.0. The smallest absolute Gasteiger partial charge is 0.350 e. The van der Waals surface area contributed by atoms with Gasteiger partial charge in [0.05, 0.1) is 6.07 Å². The highest BCUT2D eigenvalue weighted by Gasteiger charge is 2.70. The summed E-state index contributed by atoms with van der Waals surface area (Å²) in [6, 6.07) is -2.24. The van der Waals surface area contributed by atoms with Crippen LogP contribution in [0, 0.1) is 34.5 Å². The van der Waals surface area contributed by atoms with Crippen LogP contribution in [0.1, 0.15) is 52.4 Å². The predicted molar refractivity (Wildman–Crippen MR) is 118 cm³/mol. The third-order valence-corrected chi connectivity index (χ3v) is 9.03. The number of rotatable bonds is 7. The Labute approximate surface area is 210 Å².